The summed E-state index contributed by atoms with van der Waals surface area (Å²) in [5.74, 6) is 5.22. The molecule has 82 valence electrons. The van der Waals surface area contributed by atoms with Crippen LogP contribution in [0.2, 0.25) is 0 Å². The van der Waals surface area contributed by atoms with Gasteiger partial charge in [-0.2, -0.15) is 0 Å². The molecule has 3 N–H and O–H groups in total. The lowest BCUT2D eigenvalue weighted by Crippen LogP contribution is -2.29. The second kappa shape index (κ2) is 6.42. The van der Waals surface area contributed by atoms with Crippen LogP contribution in [0.3, 0.4) is 0 Å². The quantitative estimate of drug-likeness (QED) is 0.265. The van der Waals surface area contributed by atoms with Crippen molar-refractivity contribution < 1.29 is 9.18 Å². The first-order valence-corrected chi connectivity index (χ1v) is 5.59. The average Bonchev–Trinajstić information content (AvgIpc) is 2.26. The highest BCUT2D eigenvalue weighted by Crippen LogP contribution is 2.21. The Labute approximate surface area is 92.2 Å². The number of nitrogens with two attached hydrogens (primary N) is 1. The second-order valence-corrected chi connectivity index (χ2v) is 4.09. The smallest absolute Gasteiger partial charge is 0.233 e. The molecule has 1 amide bonds. The fraction of sp³-hybridized carbons (Fsp3) is 0.300. The first-order chi connectivity index (χ1) is 7.24. The topological polar surface area (TPSA) is 55.1 Å². The molecule has 0 unspecified atom stereocenters. The molecule has 0 saturated carbocycles. The summed E-state index contributed by atoms with van der Waals surface area (Å²) >= 11 is 1.40. The SMILES string of the molecule is NNC(=O)CCCSc1ccccc1F. The Balaban J connectivity index is 2.26. The van der Waals surface area contributed by atoms with Crippen LogP contribution in [0.1, 0.15) is 12.8 Å². The summed E-state index contributed by atoms with van der Waals surface area (Å²) in [4.78, 5) is 11.4. The van der Waals surface area contributed by atoms with Crippen LogP contribution >= 0.6 is 11.8 Å². The molecule has 0 spiro atoms. The van der Waals surface area contributed by atoms with Gasteiger partial charge in [0.25, 0.3) is 0 Å². The van der Waals surface area contributed by atoms with E-state index in [1.54, 1.807) is 18.2 Å². The molecule has 0 aliphatic rings. The number of hydrogen-bond acceptors (Lipinski definition) is 3. The molecule has 1 rings (SSSR count). The number of rotatable bonds is 5. The van der Waals surface area contributed by atoms with E-state index in [1.807, 2.05) is 0 Å². The van der Waals surface area contributed by atoms with Crippen molar-refractivity contribution in [2.75, 3.05) is 5.75 Å². The number of thioether (sulfide) groups is 1. The van der Waals surface area contributed by atoms with Gasteiger partial charge in [0, 0.05) is 11.3 Å². The maximum absolute atomic E-state index is 13.1. The first kappa shape index (κ1) is 12.0. The van der Waals surface area contributed by atoms with Gasteiger partial charge in [0.1, 0.15) is 5.82 Å². The molecular weight excluding hydrogens is 215 g/mol. The van der Waals surface area contributed by atoms with Gasteiger partial charge in [0.05, 0.1) is 0 Å². The number of hydrogen-bond donors (Lipinski definition) is 2. The lowest BCUT2D eigenvalue weighted by Gasteiger charge is -2.02. The third kappa shape index (κ3) is 4.31. The highest BCUT2D eigenvalue weighted by atomic mass is 32.2. The van der Waals surface area contributed by atoms with E-state index < -0.39 is 0 Å². The number of nitrogens with one attached hydrogen (secondary N) is 1. The summed E-state index contributed by atoms with van der Waals surface area (Å²) in [6, 6.07) is 6.59. The number of halogens is 1. The summed E-state index contributed by atoms with van der Waals surface area (Å²) in [5.41, 5.74) is 2.05. The minimum Gasteiger partial charge on any atom is -0.294 e. The Morgan fingerprint density at radius 2 is 2.20 bits per heavy atom. The van der Waals surface area contributed by atoms with E-state index in [0.717, 1.165) is 0 Å². The minimum atomic E-state index is -0.217. The third-order valence-corrected chi connectivity index (χ3v) is 2.94. The fourth-order valence-electron chi connectivity index (χ4n) is 1.05. The minimum absolute atomic E-state index is 0.191. The van der Waals surface area contributed by atoms with Gasteiger partial charge >= 0.3 is 0 Å². The average molecular weight is 228 g/mol. The van der Waals surface area contributed by atoms with Gasteiger partial charge in [-0.1, -0.05) is 12.1 Å². The predicted molar refractivity (Wildman–Crippen MR) is 58.7 cm³/mol. The molecule has 5 heteroatoms. The van der Waals surface area contributed by atoms with E-state index >= 15 is 0 Å². The summed E-state index contributed by atoms with van der Waals surface area (Å²) in [5, 5.41) is 0. The van der Waals surface area contributed by atoms with Crippen molar-refractivity contribution in [1.82, 2.24) is 5.43 Å². The van der Waals surface area contributed by atoms with Crippen LogP contribution in [0.15, 0.2) is 29.2 Å². The van der Waals surface area contributed by atoms with E-state index in [-0.39, 0.29) is 11.7 Å². The first-order valence-electron chi connectivity index (χ1n) is 4.61. The molecule has 3 nitrogen and oxygen atoms in total. The van der Waals surface area contributed by atoms with Gasteiger partial charge in [0.2, 0.25) is 5.91 Å². The normalized spacial score (nSPS) is 10.0. The van der Waals surface area contributed by atoms with E-state index in [0.29, 0.717) is 23.5 Å². The number of hydrazine groups is 1. The summed E-state index contributed by atoms with van der Waals surface area (Å²) in [7, 11) is 0. The van der Waals surface area contributed by atoms with Crippen LogP contribution in [0, 0.1) is 5.82 Å². The van der Waals surface area contributed by atoms with Crippen LogP contribution < -0.4 is 11.3 Å². The zero-order valence-corrected chi connectivity index (χ0v) is 9.02. The highest BCUT2D eigenvalue weighted by molar-refractivity contribution is 7.99. The van der Waals surface area contributed by atoms with Crippen LogP contribution in [-0.2, 0) is 4.79 Å². The largest absolute Gasteiger partial charge is 0.294 e. The van der Waals surface area contributed by atoms with Gasteiger partial charge in [0.15, 0.2) is 0 Å². The Hall–Kier alpha value is -1.07. The van der Waals surface area contributed by atoms with Crippen molar-refractivity contribution >= 4 is 17.7 Å². The molecule has 0 bridgehead atoms. The lowest BCUT2D eigenvalue weighted by molar-refractivity contribution is -0.121. The van der Waals surface area contributed by atoms with Crippen LogP contribution in [-0.4, -0.2) is 11.7 Å². The van der Waals surface area contributed by atoms with E-state index in [2.05, 4.69) is 5.43 Å². The Morgan fingerprint density at radius 1 is 1.47 bits per heavy atom. The van der Waals surface area contributed by atoms with Crippen molar-refractivity contribution in [1.29, 1.82) is 0 Å². The zero-order valence-electron chi connectivity index (χ0n) is 8.20. The Kier molecular flexibility index (Phi) is 5.14. The molecule has 0 aromatic heterocycles. The molecule has 0 atom stereocenters. The maximum atomic E-state index is 13.1. The molecule has 0 aliphatic carbocycles. The molecule has 0 fully saturated rings. The Bertz CT molecular complexity index is 333. The van der Waals surface area contributed by atoms with E-state index in [9.17, 15) is 9.18 Å². The van der Waals surface area contributed by atoms with Gasteiger partial charge in [-0.05, 0) is 24.3 Å². The molecule has 0 radical (unpaired) electrons. The van der Waals surface area contributed by atoms with Crippen LogP contribution in [0.4, 0.5) is 4.39 Å². The van der Waals surface area contributed by atoms with Gasteiger partial charge in [-0.3, -0.25) is 10.2 Å². The van der Waals surface area contributed by atoms with Gasteiger partial charge in [-0.15, -0.1) is 11.8 Å². The summed E-state index contributed by atoms with van der Waals surface area (Å²) < 4.78 is 13.1. The molecule has 0 heterocycles. The summed E-state index contributed by atoms with van der Waals surface area (Å²) in [6.45, 7) is 0. The van der Waals surface area contributed by atoms with Gasteiger partial charge < -0.3 is 0 Å². The van der Waals surface area contributed by atoms with E-state index in [4.69, 9.17) is 5.84 Å². The molecule has 1 aromatic rings. The second-order valence-electron chi connectivity index (χ2n) is 2.95. The standard InChI is InChI=1S/C10H13FN2OS/c11-8-4-1-2-5-9(8)15-7-3-6-10(14)13-12/h1-2,4-5H,3,6-7,12H2,(H,13,14). The molecule has 1 aromatic carbocycles. The van der Waals surface area contributed by atoms with Crippen LogP contribution in [0.25, 0.3) is 0 Å². The molecule has 0 saturated heterocycles. The molecule has 0 aliphatic heterocycles. The monoisotopic (exact) mass is 228 g/mol. The van der Waals surface area contributed by atoms with Crippen molar-refractivity contribution in [3.63, 3.8) is 0 Å². The van der Waals surface area contributed by atoms with Gasteiger partial charge in [-0.25, -0.2) is 10.2 Å². The lowest BCUT2D eigenvalue weighted by atomic mass is 10.3. The number of amides is 1. The molecule has 15 heavy (non-hydrogen) atoms. The number of carbonyl (C=O) groups excluding carboxylic acids is 1. The summed E-state index contributed by atoms with van der Waals surface area (Å²) in [6.07, 6.45) is 1.06. The zero-order chi connectivity index (χ0) is 11.1. The predicted octanol–water partition coefficient (Wildman–Crippen LogP) is 1.69. The van der Waals surface area contributed by atoms with Crippen molar-refractivity contribution in [2.24, 2.45) is 5.84 Å². The number of carbonyl (C=O) groups is 1. The third-order valence-electron chi connectivity index (χ3n) is 1.80. The molecular formula is C10H13FN2OS. The van der Waals surface area contributed by atoms with E-state index in [1.165, 1.54) is 17.8 Å². The Morgan fingerprint density at radius 3 is 2.87 bits per heavy atom. The highest BCUT2D eigenvalue weighted by Gasteiger charge is 2.02. The van der Waals surface area contributed by atoms with Crippen molar-refractivity contribution in [2.45, 2.75) is 17.7 Å². The van der Waals surface area contributed by atoms with Crippen LogP contribution in [0.5, 0.6) is 0 Å². The maximum Gasteiger partial charge on any atom is 0.233 e. The van der Waals surface area contributed by atoms with Crippen molar-refractivity contribution in [3.05, 3.63) is 30.1 Å². The fourth-order valence-corrected chi connectivity index (χ4v) is 1.94. The van der Waals surface area contributed by atoms with Crippen molar-refractivity contribution in [3.8, 4) is 0 Å². The number of benzene rings is 1.